The Morgan fingerprint density at radius 3 is 2.06 bits per heavy atom. The van der Waals surface area contributed by atoms with Crippen molar-refractivity contribution >= 4 is 0 Å². The van der Waals surface area contributed by atoms with Gasteiger partial charge in [-0.15, -0.1) is 0 Å². The molecule has 2 heteroatoms. The highest BCUT2D eigenvalue weighted by atomic mass is 15.1. The SMILES string of the molecule is CC(C)(C)C1CNC(C2CCCCC2)CN1. The molecule has 2 aliphatic rings. The highest BCUT2D eigenvalue weighted by Gasteiger charge is 2.32. The van der Waals surface area contributed by atoms with Gasteiger partial charge in [0.25, 0.3) is 0 Å². The topological polar surface area (TPSA) is 24.1 Å². The van der Waals surface area contributed by atoms with Crippen LogP contribution in [-0.4, -0.2) is 25.2 Å². The predicted octanol–water partition coefficient (Wildman–Crippen LogP) is 2.54. The van der Waals surface area contributed by atoms with E-state index in [0.29, 0.717) is 11.5 Å². The van der Waals surface area contributed by atoms with E-state index in [1.807, 2.05) is 0 Å². The zero-order valence-electron chi connectivity index (χ0n) is 11.2. The molecule has 2 unspecified atom stereocenters. The maximum Gasteiger partial charge on any atom is 0.0241 e. The number of rotatable bonds is 1. The zero-order chi connectivity index (χ0) is 11.6. The van der Waals surface area contributed by atoms with Crippen molar-refractivity contribution in [3.63, 3.8) is 0 Å². The summed E-state index contributed by atoms with van der Waals surface area (Å²) in [5.41, 5.74) is 0.379. The Balaban J connectivity index is 1.80. The number of nitrogens with one attached hydrogen (secondary N) is 2. The molecule has 2 fully saturated rings. The van der Waals surface area contributed by atoms with Crippen LogP contribution in [0, 0.1) is 11.3 Å². The number of hydrogen-bond donors (Lipinski definition) is 2. The second kappa shape index (κ2) is 5.05. The van der Waals surface area contributed by atoms with E-state index in [1.165, 1.54) is 38.6 Å². The van der Waals surface area contributed by atoms with Crippen LogP contribution in [0.5, 0.6) is 0 Å². The monoisotopic (exact) mass is 224 g/mol. The lowest BCUT2D eigenvalue weighted by atomic mass is 9.80. The summed E-state index contributed by atoms with van der Waals surface area (Å²) in [4.78, 5) is 0. The molecule has 2 rings (SSSR count). The molecule has 2 nitrogen and oxygen atoms in total. The third-order valence-electron chi connectivity index (χ3n) is 4.43. The molecule has 16 heavy (non-hydrogen) atoms. The molecule has 1 aliphatic carbocycles. The first kappa shape index (κ1) is 12.4. The van der Waals surface area contributed by atoms with E-state index in [-0.39, 0.29) is 0 Å². The lowest BCUT2D eigenvalue weighted by Crippen LogP contribution is -2.60. The Labute approximate surface area is 101 Å². The number of hydrogen-bond acceptors (Lipinski definition) is 2. The van der Waals surface area contributed by atoms with Crippen LogP contribution in [-0.2, 0) is 0 Å². The van der Waals surface area contributed by atoms with Crippen molar-refractivity contribution in [1.82, 2.24) is 10.6 Å². The van der Waals surface area contributed by atoms with Gasteiger partial charge >= 0.3 is 0 Å². The summed E-state index contributed by atoms with van der Waals surface area (Å²) in [5, 5.41) is 7.53. The summed E-state index contributed by atoms with van der Waals surface area (Å²) in [6.45, 7) is 9.30. The van der Waals surface area contributed by atoms with Crippen LogP contribution in [0.25, 0.3) is 0 Å². The van der Waals surface area contributed by atoms with Gasteiger partial charge in [0.05, 0.1) is 0 Å². The summed E-state index contributed by atoms with van der Waals surface area (Å²) in [5.74, 6) is 0.933. The van der Waals surface area contributed by atoms with Crippen molar-refractivity contribution < 1.29 is 0 Å². The zero-order valence-corrected chi connectivity index (χ0v) is 11.2. The normalized spacial score (nSPS) is 33.9. The molecule has 2 N–H and O–H groups in total. The van der Waals surface area contributed by atoms with E-state index < -0.39 is 0 Å². The summed E-state index contributed by atoms with van der Waals surface area (Å²) in [6, 6.07) is 1.37. The molecule has 94 valence electrons. The minimum atomic E-state index is 0.379. The van der Waals surface area contributed by atoms with Gasteiger partial charge in [0.15, 0.2) is 0 Å². The van der Waals surface area contributed by atoms with E-state index >= 15 is 0 Å². The molecule has 0 aromatic rings. The van der Waals surface area contributed by atoms with Gasteiger partial charge in [0.1, 0.15) is 0 Å². The van der Waals surface area contributed by atoms with Gasteiger partial charge in [-0.1, -0.05) is 40.0 Å². The van der Waals surface area contributed by atoms with Crippen molar-refractivity contribution in [3.8, 4) is 0 Å². The standard InChI is InChI=1S/C14H28N2/c1-14(2,3)13-10-15-12(9-16-13)11-7-5-4-6-8-11/h11-13,15-16H,4-10H2,1-3H3. The van der Waals surface area contributed by atoms with Crippen molar-refractivity contribution in [3.05, 3.63) is 0 Å². The number of piperazine rings is 1. The molecule has 0 bridgehead atoms. The Morgan fingerprint density at radius 2 is 1.56 bits per heavy atom. The molecule has 0 aromatic carbocycles. The smallest absolute Gasteiger partial charge is 0.0241 e. The highest BCUT2D eigenvalue weighted by Crippen LogP contribution is 2.28. The van der Waals surface area contributed by atoms with Crippen LogP contribution in [0.2, 0.25) is 0 Å². The van der Waals surface area contributed by atoms with Crippen LogP contribution < -0.4 is 10.6 Å². The van der Waals surface area contributed by atoms with Crippen molar-refractivity contribution in [2.45, 2.75) is 65.0 Å². The third kappa shape index (κ3) is 2.98. The maximum atomic E-state index is 3.78. The molecule has 0 amide bonds. The van der Waals surface area contributed by atoms with Gasteiger partial charge in [0, 0.05) is 25.2 Å². The van der Waals surface area contributed by atoms with Gasteiger partial charge in [-0.2, -0.15) is 0 Å². The first-order valence-electron chi connectivity index (χ1n) is 7.04. The fourth-order valence-corrected chi connectivity index (χ4v) is 3.17. The maximum absolute atomic E-state index is 3.78. The van der Waals surface area contributed by atoms with Gasteiger partial charge in [0.2, 0.25) is 0 Å². The fraction of sp³-hybridized carbons (Fsp3) is 1.00. The first-order valence-corrected chi connectivity index (χ1v) is 7.04. The molecule has 2 atom stereocenters. The van der Waals surface area contributed by atoms with E-state index in [9.17, 15) is 0 Å². The fourth-order valence-electron chi connectivity index (χ4n) is 3.17. The van der Waals surface area contributed by atoms with Crippen LogP contribution in [0.15, 0.2) is 0 Å². The van der Waals surface area contributed by atoms with Crippen molar-refractivity contribution in [2.24, 2.45) is 11.3 Å². The lowest BCUT2D eigenvalue weighted by molar-refractivity contribution is 0.170. The average molecular weight is 224 g/mol. The molecule has 1 heterocycles. The average Bonchev–Trinajstić information content (AvgIpc) is 2.29. The summed E-state index contributed by atoms with van der Waals surface area (Å²) < 4.78 is 0. The minimum absolute atomic E-state index is 0.379. The molecule has 0 radical (unpaired) electrons. The Morgan fingerprint density at radius 1 is 0.875 bits per heavy atom. The molecular formula is C14H28N2. The third-order valence-corrected chi connectivity index (χ3v) is 4.43. The lowest BCUT2D eigenvalue weighted by Gasteiger charge is -2.42. The highest BCUT2D eigenvalue weighted by molar-refractivity contribution is 4.92. The minimum Gasteiger partial charge on any atom is -0.311 e. The van der Waals surface area contributed by atoms with Gasteiger partial charge in [-0.25, -0.2) is 0 Å². The molecular weight excluding hydrogens is 196 g/mol. The van der Waals surface area contributed by atoms with E-state index in [1.54, 1.807) is 0 Å². The van der Waals surface area contributed by atoms with Crippen LogP contribution in [0.4, 0.5) is 0 Å². The summed E-state index contributed by atoms with van der Waals surface area (Å²) in [7, 11) is 0. The summed E-state index contributed by atoms with van der Waals surface area (Å²) >= 11 is 0. The van der Waals surface area contributed by atoms with Crippen molar-refractivity contribution in [1.29, 1.82) is 0 Å². The Bertz CT molecular complexity index is 205. The quantitative estimate of drug-likeness (QED) is 0.715. The second-order valence-electron chi connectivity index (χ2n) is 6.74. The van der Waals surface area contributed by atoms with Crippen LogP contribution >= 0.6 is 0 Å². The Kier molecular flexibility index (Phi) is 3.91. The first-order chi connectivity index (χ1) is 7.57. The molecule has 1 saturated heterocycles. The van der Waals surface area contributed by atoms with Gasteiger partial charge in [-0.05, 0) is 24.2 Å². The predicted molar refractivity (Wildman–Crippen MR) is 69.6 cm³/mol. The molecule has 0 spiro atoms. The van der Waals surface area contributed by atoms with Gasteiger partial charge < -0.3 is 10.6 Å². The van der Waals surface area contributed by atoms with Crippen molar-refractivity contribution in [2.75, 3.05) is 13.1 Å². The molecule has 0 aromatic heterocycles. The molecule has 1 aliphatic heterocycles. The largest absolute Gasteiger partial charge is 0.311 e. The van der Waals surface area contributed by atoms with Crippen LogP contribution in [0.3, 0.4) is 0 Å². The van der Waals surface area contributed by atoms with Gasteiger partial charge in [-0.3, -0.25) is 0 Å². The Hall–Kier alpha value is -0.0800. The molecule has 1 saturated carbocycles. The van der Waals surface area contributed by atoms with E-state index in [0.717, 1.165) is 18.5 Å². The van der Waals surface area contributed by atoms with E-state index in [4.69, 9.17) is 0 Å². The second-order valence-corrected chi connectivity index (χ2v) is 6.74. The van der Waals surface area contributed by atoms with Crippen LogP contribution in [0.1, 0.15) is 52.9 Å². The van der Waals surface area contributed by atoms with E-state index in [2.05, 4.69) is 31.4 Å². The summed E-state index contributed by atoms with van der Waals surface area (Å²) in [6.07, 6.45) is 7.25.